The van der Waals surface area contributed by atoms with Crippen molar-refractivity contribution in [2.24, 2.45) is 23.3 Å². The number of fused-ring (bicyclic) bond motifs is 1. The van der Waals surface area contributed by atoms with Crippen LogP contribution in [0.15, 0.2) is 60.8 Å². The van der Waals surface area contributed by atoms with Crippen molar-refractivity contribution in [2.45, 2.75) is 185 Å². The largest absolute Gasteiger partial charge is 0.480 e. The van der Waals surface area contributed by atoms with Crippen molar-refractivity contribution in [2.75, 3.05) is 26.2 Å². The quantitative estimate of drug-likeness (QED) is 0.0545. The highest BCUT2D eigenvalue weighted by Gasteiger charge is 2.46. The topological polar surface area (TPSA) is 349 Å². The van der Waals surface area contributed by atoms with E-state index in [-0.39, 0.29) is 88.2 Å². The summed E-state index contributed by atoms with van der Waals surface area (Å²) < 4.78 is 0. The number of primary amides is 1. The molecule has 2 aromatic carbocycles. The zero-order chi connectivity index (χ0) is 60.9. The van der Waals surface area contributed by atoms with Crippen LogP contribution in [0.2, 0.25) is 0 Å². The zero-order valence-corrected chi connectivity index (χ0v) is 48.8. The smallest absolute Gasteiger partial charge is 0.326 e. The highest BCUT2D eigenvalue weighted by atomic mass is 16.4. The second-order valence-electron chi connectivity index (χ2n) is 23.7. The lowest BCUT2D eigenvalue weighted by Gasteiger charge is -2.33. The highest BCUT2D eigenvalue weighted by molar-refractivity contribution is 5.99. The van der Waals surface area contributed by atoms with Crippen molar-refractivity contribution >= 4 is 75.9 Å². The molecule has 0 spiro atoms. The summed E-state index contributed by atoms with van der Waals surface area (Å²) in [6.07, 6.45) is 4.71. The van der Waals surface area contributed by atoms with Crippen LogP contribution in [0, 0.1) is 11.8 Å². The molecule has 24 heteroatoms. The summed E-state index contributed by atoms with van der Waals surface area (Å²) in [5.74, 6) is -7.30. The van der Waals surface area contributed by atoms with E-state index in [0.717, 1.165) is 10.9 Å². The van der Waals surface area contributed by atoms with Crippen LogP contribution in [0.1, 0.15) is 123 Å². The molecular formula is C60H84N12O12. The molecule has 84 heavy (non-hydrogen) atoms. The first-order valence-corrected chi connectivity index (χ1v) is 29.6. The summed E-state index contributed by atoms with van der Waals surface area (Å²) in [5.41, 5.74) is 13.9. The molecular weight excluding hydrogens is 1080 g/mol. The summed E-state index contributed by atoms with van der Waals surface area (Å²) >= 11 is 0. The Morgan fingerprint density at radius 2 is 1.05 bits per heavy atom. The number of para-hydroxylation sites is 1. The minimum absolute atomic E-state index is 0.0293. The number of carboxylic acid groups (broad SMARTS) is 1. The van der Waals surface area contributed by atoms with E-state index in [4.69, 9.17) is 11.5 Å². The van der Waals surface area contributed by atoms with Crippen LogP contribution < -0.4 is 38.1 Å². The number of nitrogens with one attached hydrogen (secondary N) is 6. The Bertz CT molecular complexity index is 2900. The first-order chi connectivity index (χ1) is 40.0. The van der Waals surface area contributed by atoms with Gasteiger partial charge >= 0.3 is 5.97 Å². The molecule has 456 valence electrons. The van der Waals surface area contributed by atoms with Gasteiger partial charge in [-0.25, -0.2) is 4.79 Å². The Hall–Kier alpha value is -7.89. The number of aromatic nitrogens is 1. The van der Waals surface area contributed by atoms with Crippen molar-refractivity contribution in [3.8, 4) is 0 Å². The average Bonchev–Trinajstić information content (AvgIpc) is 4.44. The fourth-order valence-electron chi connectivity index (χ4n) is 12.1. The Morgan fingerprint density at radius 3 is 1.61 bits per heavy atom. The number of likely N-dealkylation sites (tertiary alicyclic amines) is 4. The number of aliphatic carboxylic acids is 1. The predicted molar refractivity (Wildman–Crippen MR) is 309 cm³/mol. The maximum absolute atomic E-state index is 14.8. The summed E-state index contributed by atoms with van der Waals surface area (Å²) in [5, 5.41) is 24.3. The van der Waals surface area contributed by atoms with E-state index < -0.39 is 114 Å². The molecule has 24 nitrogen and oxygen atoms in total. The number of carboxylic acids is 1. The lowest BCUT2D eigenvalue weighted by Crippen LogP contribution is -2.60. The molecule has 0 radical (unpaired) electrons. The molecule has 0 saturated carbocycles. The number of hydrogen-bond acceptors (Lipinski definition) is 12. The Balaban J connectivity index is 1.05. The minimum Gasteiger partial charge on any atom is -0.480 e. The standard InChI is InChI=1S/C60H84N12O12/c1-34(2)29-40(61)56(79)71-27-13-21-48(71)58(81)69-25-11-19-46(69)54(77)64-36(5)51(74)66-44(32-38-33-63-41-18-10-9-17-39(38)41)53(76)65-42(23-24-50(62)73)57(80)72-28-14-22-49(72)59(82)70-26-12-20-47(70)55(78)67-43(31-37-15-7-6-8-16-37)52(75)68-45(60(83)84)30-35(3)4/h6-10,15-18,33-36,40,42-49,63H,11-14,19-32,61H2,1-5H3,(H2,62,73)(H,64,77)(H,65,76)(H,66,74)(H,67,78)(H,68,75)(H,83,84)/t36-,40-,42-,43-,44-,45-,46-,47-,48-,49-/m0/s1. The molecule has 10 amide bonds. The number of nitrogens with zero attached hydrogens (tertiary/aromatic N) is 4. The molecule has 4 aliphatic rings. The number of H-pyrrole nitrogens is 1. The van der Waals surface area contributed by atoms with Gasteiger partial charge in [-0.3, -0.25) is 47.9 Å². The SMILES string of the molecule is CC(C)C[C@H](NC(=O)[C@H](Cc1ccccc1)NC(=O)[C@@H]1CCCN1C(=O)[C@@H]1CCCN1C(=O)[C@H](CCC(N)=O)NC(=O)[C@H](Cc1c[nH]c2ccccc12)NC(=O)[C@H](C)NC(=O)[C@@H]1CCCN1C(=O)[C@@H]1CCCN1C(=O)[C@@H](N)CC(C)C)C(=O)O. The van der Waals surface area contributed by atoms with Crippen molar-refractivity contribution in [1.29, 1.82) is 0 Å². The second kappa shape index (κ2) is 29.1. The molecule has 4 aliphatic heterocycles. The van der Waals surface area contributed by atoms with Crippen LogP contribution in [0.5, 0.6) is 0 Å². The predicted octanol–water partition coefficient (Wildman–Crippen LogP) is 1.13. The molecule has 3 aromatic rings. The number of carbonyl (C=O) groups is 11. The molecule has 10 atom stereocenters. The Labute approximate surface area is 489 Å². The van der Waals surface area contributed by atoms with Crippen molar-refractivity contribution < 1.29 is 57.8 Å². The molecule has 7 rings (SSSR count). The van der Waals surface area contributed by atoms with E-state index >= 15 is 0 Å². The van der Waals surface area contributed by atoms with E-state index in [1.807, 2.05) is 52.0 Å². The van der Waals surface area contributed by atoms with Crippen molar-refractivity contribution in [3.63, 3.8) is 0 Å². The number of hydrogen-bond donors (Lipinski definition) is 9. The third-order valence-corrected chi connectivity index (χ3v) is 16.4. The van der Waals surface area contributed by atoms with Gasteiger partial charge in [0, 0.05) is 62.5 Å². The van der Waals surface area contributed by atoms with Gasteiger partial charge in [0.15, 0.2) is 0 Å². The Morgan fingerprint density at radius 1 is 0.560 bits per heavy atom. The van der Waals surface area contributed by atoms with E-state index in [9.17, 15) is 57.8 Å². The highest BCUT2D eigenvalue weighted by Crippen LogP contribution is 2.29. The molecule has 0 bridgehead atoms. The molecule has 4 saturated heterocycles. The summed E-state index contributed by atoms with van der Waals surface area (Å²) in [6, 6.07) is 5.12. The zero-order valence-electron chi connectivity index (χ0n) is 48.8. The van der Waals surface area contributed by atoms with Crippen LogP contribution >= 0.6 is 0 Å². The number of carbonyl (C=O) groups excluding carboxylic acids is 10. The molecule has 4 fully saturated rings. The first kappa shape index (κ1) is 63.7. The fraction of sp³-hybridized carbons (Fsp3) is 0.583. The number of nitrogens with two attached hydrogens (primary N) is 2. The third kappa shape index (κ3) is 16.0. The van der Waals surface area contributed by atoms with Gasteiger partial charge in [-0.2, -0.15) is 0 Å². The average molecular weight is 1170 g/mol. The second-order valence-corrected chi connectivity index (χ2v) is 23.7. The summed E-state index contributed by atoms with van der Waals surface area (Å²) in [7, 11) is 0. The number of benzene rings is 2. The van der Waals surface area contributed by atoms with Gasteiger partial charge in [0.25, 0.3) is 0 Å². The van der Waals surface area contributed by atoms with Crippen molar-refractivity contribution in [3.05, 3.63) is 71.9 Å². The maximum atomic E-state index is 14.8. The van der Waals surface area contributed by atoms with E-state index in [0.29, 0.717) is 62.6 Å². The van der Waals surface area contributed by atoms with Gasteiger partial charge in [-0.15, -0.1) is 0 Å². The van der Waals surface area contributed by atoms with Crippen LogP contribution in [-0.4, -0.2) is 181 Å². The van der Waals surface area contributed by atoms with Crippen LogP contribution in [-0.2, 0) is 65.6 Å². The molecule has 0 aliphatic carbocycles. The van der Waals surface area contributed by atoms with Gasteiger partial charge in [0.1, 0.15) is 54.4 Å². The first-order valence-electron chi connectivity index (χ1n) is 29.6. The number of aromatic amines is 1. The summed E-state index contributed by atoms with van der Waals surface area (Å²) in [6.45, 7) is 9.90. The third-order valence-electron chi connectivity index (χ3n) is 16.4. The van der Waals surface area contributed by atoms with Gasteiger partial charge in [0.2, 0.25) is 59.1 Å². The monoisotopic (exact) mass is 1160 g/mol. The van der Waals surface area contributed by atoms with Gasteiger partial charge in [-0.1, -0.05) is 76.2 Å². The summed E-state index contributed by atoms with van der Waals surface area (Å²) in [4.78, 5) is 161. The van der Waals surface area contributed by atoms with E-state index in [1.54, 1.807) is 36.5 Å². The van der Waals surface area contributed by atoms with Crippen LogP contribution in [0.3, 0.4) is 0 Å². The number of rotatable bonds is 26. The Kier molecular flexibility index (Phi) is 22.0. The molecule has 0 unspecified atom stereocenters. The lowest BCUT2D eigenvalue weighted by molar-refractivity contribution is -0.148. The van der Waals surface area contributed by atoms with Crippen molar-refractivity contribution in [1.82, 2.24) is 51.2 Å². The molecule has 1 aromatic heterocycles. The van der Waals surface area contributed by atoms with Crippen LogP contribution in [0.25, 0.3) is 10.9 Å². The molecule has 11 N–H and O–H groups in total. The number of amides is 10. The van der Waals surface area contributed by atoms with Gasteiger partial charge in [-0.05, 0) is 107 Å². The van der Waals surface area contributed by atoms with E-state index in [2.05, 4.69) is 31.6 Å². The fourth-order valence-corrected chi connectivity index (χ4v) is 12.1. The van der Waals surface area contributed by atoms with Gasteiger partial charge in [0.05, 0.1) is 6.04 Å². The van der Waals surface area contributed by atoms with Gasteiger partial charge < -0.3 is 67.7 Å². The minimum atomic E-state index is -1.43. The lowest BCUT2D eigenvalue weighted by atomic mass is 10.0. The maximum Gasteiger partial charge on any atom is 0.326 e. The van der Waals surface area contributed by atoms with E-state index in [1.165, 1.54) is 26.5 Å². The normalized spacial score (nSPS) is 20.9. The molecule has 5 heterocycles. The van der Waals surface area contributed by atoms with Crippen LogP contribution in [0.4, 0.5) is 0 Å².